The van der Waals surface area contributed by atoms with Gasteiger partial charge in [0.05, 0.1) is 6.61 Å². The SMILES string of the molecule is O=C(Cc1ccccc1)[C@H](O[N+](=O)[O-])[C@H](CO)O[N+](=O)[O-]. The van der Waals surface area contributed by atoms with Gasteiger partial charge in [0.1, 0.15) is 0 Å². The summed E-state index contributed by atoms with van der Waals surface area (Å²) >= 11 is 0. The smallest absolute Gasteiger partial charge is 0.295 e. The number of aliphatic hydroxyl groups is 1. The Balaban J connectivity index is 2.87. The van der Waals surface area contributed by atoms with Gasteiger partial charge in [-0.15, -0.1) is 20.2 Å². The number of aliphatic hydroxyl groups excluding tert-OH is 1. The van der Waals surface area contributed by atoms with E-state index in [1.54, 1.807) is 30.3 Å². The van der Waals surface area contributed by atoms with Gasteiger partial charge in [0, 0.05) is 6.42 Å². The zero-order valence-electron chi connectivity index (χ0n) is 10.7. The summed E-state index contributed by atoms with van der Waals surface area (Å²) in [7, 11) is 0. The van der Waals surface area contributed by atoms with E-state index < -0.39 is 34.8 Å². The van der Waals surface area contributed by atoms with Crippen LogP contribution in [-0.4, -0.2) is 39.9 Å². The second-order valence-electron chi connectivity index (χ2n) is 3.93. The molecule has 0 bridgehead atoms. The van der Waals surface area contributed by atoms with Gasteiger partial charge in [-0.2, -0.15) is 0 Å². The van der Waals surface area contributed by atoms with Crippen molar-refractivity contribution < 1.29 is 29.7 Å². The summed E-state index contributed by atoms with van der Waals surface area (Å²) in [5.74, 6) is -0.821. The van der Waals surface area contributed by atoms with Crippen molar-refractivity contribution in [1.82, 2.24) is 0 Å². The minimum absolute atomic E-state index is 0.253. The first-order chi connectivity index (χ1) is 9.93. The molecule has 0 unspecified atom stereocenters. The summed E-state index contributed by atoms with van der Waals surface area (Å²) < 4.78 is 0. The molecule has 0 aromatic heterocycles. The number of rotatable bonds is 9. The standard InChI is InChI=1S/C11H12N2O8/c14-7-10(20-12(16)17)11(21-13(18)19)9(15)6-8-4-2-1-3-5-8/h1-5,10-11,14H,6-7H2/t10-,11-/m0/s1. The zero-order chi connectivity index (χ0) is 15.8. The summed E-state index contributed by atoms with van der Waals surface area (Å²) in [6.07, 6.45) is -3.92. The van der Waals surface area contributed by atoms with Crippen LogP contribution >= 0.6 is 0 Å². The Bertz CT molecular complexity index is 506. The molecule has 0 radical (unpaired) electrons. The van der Waals surface area contributed by atoms with Gasteiger partial charge in [-0.05, 0) is 5.56 Å². The number of hydrogen-bond donors (Lipinski definition) is 1. The van der Waals surface area contributed by atoms with E-state index >= 15 is 0 Å². The molecule has 10 nitrogen and oxygen atoms in total. The molecule has 0 fully saturated rings. The second kappa shape index (κ2) is 7.75. The minimum atomic E-state index is -1.89. The van der Waals surface area contributed by atoms with Crippen LogP contribution in [0.5, 0.6) is 0 Å². The third-order valence-corrected chi connectivity index (χ3v) is 2.48. The fourth-order valence-corrected chi connectivity index (χ4v) is 1.62. The van der Waals surface area contributed by atoms with Gasteiger partial charge in [0.15, 0.2) is 18.0 Å². The molecule has 1 rings (SSSR count). The highest BCUT2D eigenvalue weighted by atomic mass is 17.0. The van der Waals surface area contributed by atoms with Crippen molar-refractivity contribution in [2.75, 3.05) is 6.61 Å². The van der Waals surface area contributed by atoms with Crippen LogP contribution in [0.2, 0.25) is 0 Å². The number of ketones is 1. The first-order valence-corrected chi connectivity index (χ1v) is 5.74. The molecule has 1 N–H and O–H groups in total. The van der Waals surface area contributed by atoms with Gasteiger partial charge in [0.25, 0.3) is 10.2 Å². The molecule has 0 spiro atoms. The van der Waals surface area contributed by atoms with E-state index in [9.17, 15) is 25.0 Å². The Morgan fingerprint density at radius 1 is 1.14 bits per heavy atom. The van der Waals surface area contributed by atoms with Crippen molar-refractivity contribution in [1.29, 1.82) is 0 Å². The van der Waals surface area contributed by atoms with E-state index in [1.807, 2.05) is 0 Å². The number of benzene rings is 1. The van der Waals surface area contributed by atoms with Gasteiger partial charge in [-0.1, -0.05) is 30.3 Å². The average Bonchev–Trinajstić information content (AvgIpc) is 2.43. The highest BCUT2D eigenvalue weighted by Gasteiger charge is 2.34. The predicted molar refractivity (Wildman–Crippen MR) is 66.0 cm³/mol. The van der Waals surface area contributed by atoms with Crippen LogP contribution in [-0.2, 0) is 20.9 Å². The van der Waals surface area contributed by atoms with Crippen molar-refractivity contribution >= 4 is 5.78 Å². The molecule has 2 atom stereocenters. The van der Waals surface area contributed by atoms with E-state index in [0.29, 0.717) is 5.56 Å². The molecule has 0 saturated carbocycles. The van der Waals surface area contributed by atoms with Crippen LogP contribution in [0.1, 0.15) is 5.56 Å². The first-order valence-electron chi connectivity index (χ1n) is 5.74. The number of carbonyl (C=O) groups is 1. The van der Waals surface area contributed by atoms with Crippen LogP contribution in [0.3, 0.4) is 0 Å². The first kappa shape index (κ1) is 16.3. The summed E-state index contributed by atoms with van der Waals surface area (Å²) in [5.41, 5.74) is 0.539. The molecule has 1 aromatic rings. The zero-order valence-corrected chi connectivity index (χ0v) is 10.7. The van der Waals surface area contributed by atoms with Crippen LogP contribution in [0.4, 0.5) is 0 Å². The van der Waals surface area contributed by atoms with Crippen molar-refractivity contribution in [2.45, 2.75) is 18.6 Å². The molecule has 0 aliphatic carbocycles. The number of Topliss-reactive ketones (excluding diaryl/α,β-unsaturated/α-hetero) is 1. The van der Waals surface area contributed by atoms with Crippen LogP contribution in [0.15, 0.2) is 30.3 Å². The lowest BCUT2D eigenvalue weighted by atomic mass is 10.0. The summed E-state index contributed by atoms with van der Waals surface area (Å²) in [5, 5.41) is 27.1. The minimum Gasteiger partial charge on any atom is -0.394 e. The number of nitrogens with zero attached hydrogens (tertiary/aromatic N) is 2. The van der Waals surface area contributed by atoms with E-state index in [2.05, 4.69) is 9.68 Å². The Labute approximate surface area is 118 Å². The van der Waals surface area contributed by atoms with Gasteiger partial charge in [0.2, 0.25) is 0 Å². The maximum absolute atomic E-state index is 12.0. The third kappa shape index (κ3) is 5.40. The Morgan fingerprint density at radius 3 is 2.19 bits per heavy atom. The van der Waals surface area contributed by atoms with Gasteiger partial charge in [-0.25, -0.2) is 0 Å². The lowest BCUT2D eigenvalue weighted by Gasteiger charge is -2.20. The highest BCUT2D eigenvalue weighted by molar-refractivity contribution is 5.85. The number of carbonyl (C=O) groups excluding carboxylic acids is 1. The average molecular weight is 300 g/mol. The van der Waals surface area contributed by atoms with E-state index in [0.717, 1.165) is 0 Å². The maximum Gasteiger partial charge on any atom is 0.295 e. The van der Waals surface area contributed by atoms with Crippen LogP contribution < -0.4 is 0 Å². The lowest BCUT2D eigenvalue weighted by Crippen LogP contribution is -2.43. The molecule has 0 saturated heterocycles. The molecule has 0 aliphatic rings. The van der Waals surface area contributed by atoms with Crippen LogP contribution in [0.25, 0.3) is 0 Å². The van der Waals surface area contributed by atoms with Crippen LogP contribution in [0, 0.1) is 20.2 Å². The number of hydrogen-bond acceptors (Lipinski definition) is 8. The molecule has 1 aromatic carbocycles. The monoisotopic (exact) mass is 300 g/mol. The second-order valence-corrected chi connectivity index (χ2v) is 3.93. The Morgan fingerprint density at radius 2 is 1.71 bits per heavy atom. The largest absolute Gasteiger partial charge is 0.394 e. The molecule has 10 heteroatoms. The summed E-state index contributed by atoms with van der Waals surface area (Å²) in [4.78, 5) is 40.8. The molecule has 114 valence electrons. The maximum atomic E-state index is 12.0. The summed E-state index contributed by atoms with van der Waals surface area (Å²) in [6.45, 7) is -0.986. The Hall–Kier alpha value is -2.75. The quantitative estimate of drug-likeness (QED) is 0.493. The Kier molecular flexibility index (Phi) is 6.01. The van der Waals surface area contributed by atoms with Crippen molar-refractivity contribution in [3.05, 3.63) is 56.1 Å². The van der Waals surface area contributed by atoms with E-state index in [1.165, 1.54) is 0 Å². The van der Waals surface area contributed by atoms with Crippen molar-refractivity contribution in [2.24, 2.45) is 0 Å². The molecule has 21 heavy (non-hydrogen) atoms. The van der Waals surface area contributed by atoms with E-state index in [-0.39, 0.29) is 6.42 Å². The van der Waals surface area contributed by atoms with Crippen molar-refractivity contribution in [3.8, 4) is 0 Å². The molecular formula is C11H12N2O8. The highest BCUT2D eigenvalue weighted by Crippen LogP contribution is 2.11. The van der Waals surface area contributed by atoms with Gasteiger partial charge in [-0.3, -0.25) is 4.79 Å². The normalized spacial score (nSPS) is 13.0. The molecular weight excluding hydrogens is 288 g/mol. The summed E-state index contributed by atoms with van der Waals surface area (Å²) in [6, 6.07) is 8.23. The van der Waals surface area contributed by atoms with Gasteiger partial charge < -0.3 is 14.8 Å². The van der Waals surface area contributed by atoms with Gasteiger partial charge >= 0.3 is 0 Å². The molecule has 0 amide bonds. The van der Waals surface area contributed by atoms with E-state index in [4.69, 9.17) is 5.11 Å². The molecule has 0 aliphatic heterocycles. The fraction of sp³-hybridized carbons (Fsp3) is 0.364. The predicted octanol–water partition coefficient (Wildman–Crippen LogP) is -0.0557. The van der Waals surface area contributed by atoms with Crippen molar-refractivity contribution in [3.63, 3.8) is 0 Å². The fourth-order valence-electron chi connectivity index (χ4n) is 1.62. The topological polar surface area (TPSA) is 142 Å². The third-order valence-electron chi connectivity index (χ3n) is 2.48. The molecule has 0 heterocycles. The lowest BCUT2D eigenvalue weighted by molar-refractivity contribution is -0.795.